The van der Waals surface area contributed by atoms with Crippen molar-refractivity contribution in [3.63, 3.8) is 0 Å². The van der Waals surface area contributed by atoms with Crippen LogP contribution in [0.25, 0.3) is 0 Å². The lowest BCUT2D eigenvalue weighted by Gasteiger charge is -2.35. The van der Waals surface area contributed by atoms with Crippen molar-refractivity contribution >= 4 is 31.6 Å². The van der Waals surface area contributed by atoms with Gasteiger partial charge in [-0.2, -0.15) is 8.61 Å². The van der Waals surface area contributed by atoms with Gasteiger partial charge in [-0.15, -0.1) is 0 Å². The maximum absolute atomic E-state index is 14.5. The first-order valence-corrected chi connectivity index (χ1v) is 14.9. The number of anilines is 1. The second kappa shape index (κ2) is 10.5. The van der Waals surface area contributed by atoms with E-state index in [-0.39, 0.29) is 36.6 Å². The topological polar surface area (TPSA) is 113 Å². The van der Waals surface area contributed by atoms with Crippen LogP contribution < -0.4 is 5.32 Å². The third-order valence-corrected chi connectivity index (χ3v) is 10.4. The first kappa shape index (κ1) is 26.4. The molecule has 38 heavy (non-hydrogen) atoms. The predicted octanol–water partition coefficient (Wildman–Crippen LogP) is 2.60. The van der Waals surface area contributed by atoms with Crippen molar-refractivity contribution in [3.05, 3.63) is 89.7 Å². The molecule has 9 nitrogen and oxygen atoms in total. The Morgan fingerprint density at radius 3 is 2.29 bits per heavy atom. The smallest absolute Gasteiger partial charge is 0.247 e. The summed E-state index contributed by atoms with van der Waals surface area (Å²) in [5.41, 5.74) is 1.72. The van der Waals surface area contributed by atoms with Gasteiger partial charge in [0.2, 0.25) is 26.0 Å². The normalized spacial score (nSPS) is 19.0. The lowest BCUT2D eigenvalue weighted by Crippen LogP contribution is -2.50. The number of hydrogen-bond donors (Lipinski definition) is 1. The fourth-order valence-corrected chi connectivity index (χ4v) is 7.74. The summed E-state index contributed by atoms with van der Waals surface area (Å²) < 4.78 is 75.4. The molecule has 2 heterocycles. The Morgan fingerprint density at radius 1 is 0.868 bits per heavy atom. The van der Waals surface area contributed by atoms with Crippen LogP contribution in [-0.2, 0) is 42.5 Å². The number of carbonyl (C=O) groups excluding carboxylic acids is 1. The second-order valence-electron chi connectivity index (χ2n) is 9.00. The van der Waals surface area contributed by atoms with Gasteiger partial charge in [-0.05, 0) is 47.9 Å². The zero-order valence-corrected chi connectivity index (χ0v) is 21.9. The highest BCUT2D eigenvalue weighted by Crippen LogP contribution is 2.31. The zero-order valence-electron chi connectivity index (χ0n) is 20.3. The number of amides is 1. The van der Waals surface area contributed by atoms with Gasteiger partial charge in [0.15, 0.2) is 0 Å². The maximum atomic E-state index is 14.5. The molecule has 1 atom stereocenters. The van der Waals surface area contributed by atoms with E-state index in [1.165, 1.54) is 46.8 Å². The van der Waals surface area contributed by atoms with E-state index in [9.17, 15) is 26.0 Å². The van der Waals surface area contributed by atoms with Gasteiger partial charge in [-0.3, -0.25) is 4.79 Å². The Balaban J connectivity index is 1.46. The molecule has 0 radical (unpaired) electrons. The van der Waals surface area contributed by atoms with Gasteiger partial charge in [-0.1, -0.05) is 42.5 Å². The molecule has 1 amide bonds. The monoisotopic (exact) mass is 559 g/mol. The Labute approximate surface area is 220 Å². The molecule has 12 heteroatoms. The van der Waals surface area contributed by atoms with E-state index < -0.39 is 42.7 Å². The number of ether oxygens (including phenoxy) is 1. The van der Waals surface area contributed by atoms with Crippen LogP contribution in [0.2, 0.25) is 0 Å². The van der Waals surface area contributed by atoms with E-state index >= 15 is 0 Å². The number of hydrogen-bond acceptors (Lipinski definition) is 6. The number of fused-ring (bicyclic) bond motifs is 1. The average molecular weight is 560 g/mol. The van der Waals surface area contributed by atoms with Crippen LogP contribution >= 0.6 is 0 Å². The van der Waals surface area contributed by atoms with Crippen LogP contribution in [0.3, 0.4) is 0 Å². The minimum atomic E-state index is -4.38. The van der Waals surface area contributed by atoms with Crippen molar-refractivity contribution in [2.45, 2.75) is 28.8 Å². The van der Waals surface area contributed by atoms with Crippen LogP contribution in [0.5, 0.6) is 0 Å². The number of benzene rings is 3. The molecule has 5 rings (SSSR count). The third kappa shape index (κ3) is 5.09. The highest BCUT2D eigenvalue weighted by Gasteiger charge is 2.40. The number of carbonyl (C=O) groups is 1. The van der Waals surface area contributed by atoms with Crippen molar-refractivity contribution < 1.29 is 30.8 Å². The lowest BCUT2D eigenvalue weighted by molar-refractivity contribution is -0.120. The molecule has 1 fully saturated rings. The number of halogens is 1. The number of rotatable bonds is 6. The average Bonchev–Trinajstić information content (AvgIpc) is 2.93. The minimum Gasteiger partial charge on any atom is -0.379 e. The molecule has 0 saturated carbocycles. The van der Waals surface area contributed by atoms with Gasteiger partial charge in [0, 0.05) is 25.3 Å². The summed E-state index contributed by atoms with van der Waals surface area (Å²) in [6.07, 6.45) is 0.0709. The number of nitrogens with zero attached hydrogens (tertiary/aromatic N) is 2. The molecule has 1 N–H and O–H groups in total. The van der Waals surface area contributed by atoms with Crippen LogP contribution in [0, 0.1) is 5.82 Å². The van der Waals surface area contributed by atoms with Gasteiger partial charge >= 0.3 is 0 Å². The third-order valence-electron chi connectivity index (χ3n) is 6.64. The molecule has 3 aromatic rings. The van der Waals surface area contributed by atoms with E-state index in [1.807, 2.05) is 6.07 Å². The largest absolute Gasteiger partial charge is 0.379 e. The maximum Gasteiger partial charge on any atom is 0.247 e. The van der Waals surface area contributed by atoms with Gasteiger partial charge in [0.1, 0.15) is 16.8 Å². The summed E-state index contributed by atoms with van der Waals surface area (Å²) in [5, 5.41) is 2.68. The molecule has 3 aromatic carbocycles. The Hall–Kier alpha value is -3.16. The molecule has 1 saturated heterocycles. The molecule has 2 aliphatic heterocycles. The Morgan fingerprint density at radius 2 is 1.55 bits per heavy atom. The highest BCUT2D eigenvalue weighted by molar-refractivity contribution is 7.89. The van der Waals surface area contributed by atoms with Gasteiger partial charge in [-0.25, -0.2) is 21.2 Å². The Kier molecular flexibility index (Phi) is 7.34. The van der Waals surface area contributed by atoms with Crippen molar-refractivity contribution in [3.8, 4) is 0 Å². The molecular weight excluding hydrogens is 533 g/mol. The first-order chi connectivity index (χ1) is 18.2. The van der Waals surface area contributed by atoms with Crippen molar-refractivity contribution in [2.24, 2.45) is 0 Å². The minimum absolute atomic E-state index is 0.00187. The highest BCUT2D eigenvalue weighted by atomic mass is 32.2. The molecular formula is C26H26FN3O6S2. The molecule has 0 aromatic heterocycles. The molecule has 0 aliphatic carbocycles. The van der Waals surface area contributed by atoms with Crippen LogP contribution in [-0.4, -0.2) is 63.7 Å². The summed E-state index contributed by atoms with van der Waals surface area (Å²) in [5.74, 6) is -1.56. The van der Waals surface area contributed by atoms with E-state index in [0.29, 0.717) is 13.2 Å². The SMILES string of the molecule is O=C(Nc1cccc(S(=O)(=O)N2CCOCC2)c1)[C@H]1Cc2ccccc2CN1S(=O)(=O)c1ccccc1F. The van der Waals surface area contributed by atoms with Gasteiger partial charge in [0.25, 0.3) is 0 Å². The molecule has 0 spiro atoms. The number of morpholine rings is 1. The summed E-state index contributed by atoms with van der Waals surface area (Å²) in [7, 11) is -8.19. The van der Waals surface area contributed by atoms with E-state index in [4.69, 9.17) is 4.74 Å². The van der Waals surface area contributed by atoms with E-state index in [2.05, 4.69) is 5.32 Å². The van der Waals surface area contributed by atoms with Crippen LogP contribution in [0.4, 0.5) is 10.1 Å². The van der Waals surface area contributed by atoms with E-state index in [0.717, 1.165) is 21.5 Å². The van der Waals surface area contributed by atoms with Crippen LogP contribution in [0.1, 0.15) is 11.1 Å². The zero-order chi connectivity index (χ0) is 26.9. The predicted molar refractivity (Wildman–Crippen MR) is 138 cm³/mol. The quantitative estimate of drug-likeness (QED) is 0.497. The molecule has 0 bridgehead atoms. The fraction of sp³-hybridized carbons (Fsp3) is 0.269. The van der Waals surface area contributed by atoms with Crippen LogP contribution in [0.15, 0.2) is 82.6 Å². The fourth-order valence-electron chi connectivity index (χ4n) is 4.65. The van der Waals surface area contributed by atoms with Crippen molar-refractivity contribution in [1.29, 1.82) is 0 Å². The second-order valence-corrected chi connectivity index (χ2v) is 12.8. The van der Waals surface area contributed by atoms with Crippen molar-refractivity contribution in [1.82, 2.24) is 8.61 Å². The van der Waals surface area contributed by atoms with Gasteiger partial charge < -0.3 is 10.1 Å². The molecule has 0 unspecified atom stereocenters. The number of nitrogens with one attached hydrogen (secondary N) is 1. The number of sulfonamides is 2. The van der Waals surface area contributed by atoms with E-state index in [1.54, 1.807) is 18.2 Å². The summed E-state index contributed by atoms with van der Waals surface area (Å²) in [6.45, 7) is 0.930. The van der Waals surface area contributed by atoms with Crippen molar-refractivity contribution in [2.75, 3.05) is 31.6 Å². The molecule has 200 valence electrons. The summed E-state index contributed by atoms with van der Waals surface area (Å²) in [6, 6.07) is 16.8. The lowest BCUT2D eigenvalue weighted by atomic mass is 9.95. The first-order valence-electron chi connectivity index (χ1n) is 12.0. The van der Waals surface area contributed by atoms with Gasteiger partial charge in [0.05, 0.1) is 18.1 Å². The molecule has 2 aliphatic rings. The summed E-state index contributed by atoms with van der Waals surface area (Å²) in [4.78, 5) is 13.0. The Bertz CT molecular complexity index is 1570. The standard InChI is InChI=1S/C26H26FN3O6S2/c27-23-10-3-4-11-25(23)38(34,35)30-18-20-7-2-1-6-19(20)16-24(30)26(31)28-21-8-5-9-22(17-21)37(32,33)29-12-14-36-15-13-29/h1-11,17,24H,12-16,18H2,(H,28,31)/t24-/m1/s1. The summed E-state index contributed by atoms with van der Waals surface area (Å²) >= 11 is 0.